The van der Waals surface area contributed by atoms with Crippen molar-refractivity contribution in [3.05, 3.63) is 78.4 Å². The average Bonchev–Trinajstić information content (AvgIpc) is 3.10. The first-order valence-corrected chi connectivity index (χ1v) is 8.00. The van der Waals surface area contributed by atoms with Crippen LogP contribution in [0.4, 0.5) is 5.82 Å². The van der Waals surface area contributed by atoms with Crippen LogP contribution in [-0.2, 0) is 6.54 Å². The van der Waals surface area contributed by atoms with E-state index < -0.39 is 0 Å². The molecule has 2 aromatic carbocycles. The van der Waals surface area contributed by atoms with Crippen molar-refractivity contribution in [1.29, 1.82) is 0 Å². The molecule has 0 aliphatic heterocycles. The maximum Gasteiger partial charge on any atom is 0.203 e. The largest absolute Gasteiger partial charge is 0.457 e. The predicted molar refractivity (Wildman–Crippen MR) is 95.8 cm³/mol. The molecule has 0 unspecified atom stereocenters. The van der Waals surface area contributed by atoms with Gasteiger partial charge in [0.25, 0.3) is 0 Å². The zero-order valence-corrected chi connectivity index (χ0v) is 13.8. The van der Waals surface area contributed by atoms with Crippen LogP contribution in [-0.4, -0.2) is 19.6 Å². The first-order valence-electron chi connectivity index (χ1n) is 8.00. The number of aromatic nitrogens is 4. The zero-order valence-electron chi connectivity index (χ0n) is 13.8. The molecule has 6 nitrogen and oxygen atoms in total. The molecule has 0 saturated carbocycles. The smallest absolute Gasteiger partial charge is 0.203 e. The summed E-state index contributed by atoms with van der Waals surface area (Å²) in [5.41, 5.74) is 2.89. The Balaban J connectivity index is 1.56. The molecule has 0 fully saturated rings. The molecule has 0 saturated heterocycles. The Hall–Kier alpha value is -3.41. The van der Waals surface area contributed by atoms with Gasteiger partial charge in [-0.3, -0.25) is 4.40 Å². The number of fused-ring (bicyclic) bond motifs is 1. The van der Waals surface area contributed by atoms with E-state index in [4.69, 9.17) is 4.74 Å². The third kappa shape index (κ3) is 3.28. The number of aryl methyl sites for hydroxylation is 1. The molecule has 25 heavy (non-hydrogen) atoms. The molecular weight excluding hydrogens is 314 g/mol. The zero-order chi connectivity index (χ0) is 17.1. The fourth-order valence-electron chi connectivity index (χ4n) is 2.62. The molecule has 0 radical (unpaired) electrons. The van der Waals surface area contributed by atoms with Gasteiger partial charge in [-0.05, 0) is 30.7 Å². The summed E-state index contributed by atoms with van der Waals surface area (Å²) in [6.07, 6.45) is 5.18. The fraction of sp³-hybridized carbons (Fsp3) is 0.105. The van der Waals surface area contributed by atoms with E-state index >= 15 is 0 Å². The maximum atomic E-state index is 6.06. The second kappa shape index (κ2) is 6.60. The van der Waals surface area contributed by atoms with Crippen molar-refractivity contribution in [2.24, 2.45) is 0 Å². The van der Waals surface area contributed by atoms with Crippen LogP contribution < -0.4 is 10.1 Å². The minimum absolute atomic E-state index is 0.571. The van der Waals surface area contributed by atoms with Gasteiger partial charge < -0.3 is 10.1 Å². The van der Waals surface area contributed by atoms with Crippen LogP contribution in [0.2, 0.25) is 0 Å². The standard InChI is InChI=1S/C19H17N5O/c1-14-5-4-7-16(11-14)25-17-8-3-2-6-15(17)12-21-18-19-23-22-13-24(19)10-9-20-18/h2-11,13H,12H2,1H3,(H,20,21). The molecule has 4 aromatic rings. The van der Waals surface area contributed by atoms with Crippen LogP contribution in [0.15, 0.2) is 67.3 Å². The van der Waals surface area contributed by atoms with E-state index in [1.165, 1.54) is 0 Å². The van der Waals surface area contributed by atoms with Crippen molar-refractivity contribution >= 4 is 11.5 Å². The lowest BCUT2D eigenvalue weighted by molar-refractivity contribution is 0.476. The molecule has 2 aromatic heterocycles. The fourth-order valence-corrected chi connectivity index (χ4v) is 2.62. The molecule has 0 bridgehead atoms. The Labute approximate surface area is 145 Å². The van der Waals surface area contributed by atoms with E-state index in [0.29, 0.717) is 18.0 Å². The molecule has 0 spiro atoms. The van der Waals surface area contributed by atoms with Crippen molar-refractivity contribution in [3.63, 3.8) is 0 Å². The second-order valence-electron chi connectivity index (χ2n) is 5.72. The van der Waals surface area contributed by atoms with Gasteiger partial charge in [-0.15, -0.1) is 10.2 Å². The number of para-hydroxylation sites is 1. The molecule has 0 amide bonds. The quantitative estimate of drug-likeness (QED) is 0.602. The molecular formula is C19H17N5O. The van der Waals surface area contributed by atoms with E-state index in [-0.39, 0.29) is 0 Å². The third-order valence-electron chi connectivity index (χ3n) is 3.85. The summed E-state index contributed by atoms with van der Waals surface area (Å²) in [7, 11) is 0. The van der Waals surface area contributed by atoms with Crippen molar-refractivity contribution in [2.45, 2.75) is 13.5 Å². The summed E-state index contributed by atoms with van der Waals surface area (Å²) < 4.78 is 7.88. The van der Waals surface area contributed by atoms with Crippen LogP contribution in [0.5, 0.6) is 11.5 Å². The first-order chi connectivity index (χ1) is 12.3. The topological polar surface area (TPSA) is 64.3 Å². The second-order valence-corrected chi connectivity index (χ2v) is 5.72. The van der Waals surface area contributed by atoms with Gasteiger partial charge in [-0.25, -0.2) is 4.98 Å². The first kappa shape index (κ1) is 15.1. The highest BCUT2D eigenvalue weighted by atomic mass is 16.5. The molecule has 2 heterocycles. The number of hydrogen-bond acceptors (Lipinski definition) is 5. The number of rotatable bonds is 5. The van der Waals surface area contributed by atoms with E-state index in [1.807, 2.05) is 66.1 Å². The highest BCUT2D eigenvalue weighted by Gasteiger charge is 2.08. The van der Waals surface area contributed by atoms with Crippen molar-refractivity contribution < 1.29 is 4.74 Å². The van der Waals surface area contributed by atoms with Gasteiger partial charge in [0.05, 0.1) is 0 Å². The number of anilines is 1. The number of nitrogens with one attached hydrogen (secondary N) is 1. The Morgan fingerprint density at radius 2 is 2.04 bits per heavy atom. The number of nitrogens with zero attached hydrogens (tertiary/aromatic N) is 4. The lowest BCUT2D eigenvalue weighted by Crippen LogP contribution is -2.04. The van der Waals surface area contributed by atoms with Gasteiger partial charge in [0.2, 0.25) is 5.65 Å². The highest BCUT2D eigenvalue weighted by Crippen LogP contribution is 2.26. The summed E-state index contributed by atoms with van der Waals surface area (Å²) in [5.74, 6) is 2.32. The summed E-state index contributed by atoms with van der Waals surface area (Å²) >= 11 is 0. The minimum Gasteiger partial charge on any atom is -0.457 e. The summed E-state index contributed by atoms with van der Waals surface area (Å²) in [6.45, 7) is 2.62. The lowest BCUT2D eigenvalue weighted by Gasteiger charge is -2.12. The van der Waals surface area contributed by atoms with Gasteiger partial charge in [-0.1, -0.05) is 30.3 Å². The SMILES string of the molecule is Cc1cccc(Oc2ccccc2CNc2nccn3cnnc23)c1. The van der Waals surface area contributed by atoms with Crippen molar-refractivity contribution in [2.75, 3.05) is 5.32 Å². The molecule has 4 rings (SSSR count). The average molecular weight is 331 g/mol. The molecule has 0 aliphatic rings. The van der Waals surface area contributed by atoms with Gasteiger partial charge in [0.1, 0.15) is 17.8 Å². The summed E-state index contributed by atoms with van der Waals surface area (Å²) in [4.78, 5) is 4.34. The Bertz CT molecular complexity index is 1010. The Kier molecular flexibility index (Phi) is 4.00. The van der Waals surface area contributed by atoms with E-state index in [2.05, 4.69) is 20.5 Å². The Morgan fingerprint density at radius 3 is 2.96 bits per heavy atom. The van der Waals surface area contributed by atoms with Gasteiger partial charge in [-0.2, -0.15) is 0 Å². The van der Waals surface area contributed by atoms with Crippen molar-refractivity contribution in [3.8, 4) is 11.5 Å². The molecule has 0 atom stereocenters. The lowest BCUT2D eigenvalue weighted by atomic mass is 10.2. The molecule has 0 aliphatic carbocycles. The minimum atomic E-state index is 0.571. The van der Waals surface area contributed by atoms with E-state index in [9.17, 15) is 0 Å². The molecule has 1 N–H and O–H groups in total. The summed E-state index contributed by atoms with van der Waals surface area (Å²) in [5, 5.41) is 11.3. The molecule has 124 valence electrons. The van der Waals surface area contributed by atoms with Gasteiger partial charge in [0, 0.05) is 24.5 Å². The third-order valence-corrected chi connectivity index (χ3v) is 3.85. The van der Waals surface area contributed by atoms with Gasteiger partial charge >= 0.3 is 0 Å². The van der Waals surface area contributed by atoms with E-state index in [0.717, 1.165) is 22.6 Å². The van der Waals surface area contributed by atoms with Crippen LogP contribution in [0.25, 0.3) is 5.65 Å². The number of benzene rings is 2. The van der Waals surface area contributed by atoms with Crippen LogP contribution in [0, 0.1) is 6.92 Å². The van der Waals surface area contributed by atoms with E-state index in [1.54, 1.807) is 12.5 Å². The predicted octanol–water partition coefficient (Wildman–Crippen LogP) is 3.84. The maximum absolute atomic E-state index is 6.06. The van der Waals surface area contributed by atoms with Crippen LogP contribution >= 0.6 is 0 Å². The normalized spacial score (nSPS) is 10.8. The van der Waals surface area contributed by atoms with Crippen molar-refractivity contribution in [1.82, 2.24) is 19.6 Å². The van der Waals surface area contributed by atoms with Gasteiger partial charge in [0.15, 0.2) is 5.82 Å². The summed E-state index contributed by atoms with van der Waals surface area (Å²) in [6, 6.07) is 16.0. The van der Waals surface area contributed by atoms with Crippen LogP contribution in [0.3, 0.4) is 0 Å². The molecule has 6 heteroatoms. The van der Waals surface area contributed by atoms with Crippen LogP contribution in [0.1, 0.15) is 11.1 Å². The Morgan fingerprint density at radius 1 is 1.12 bits per heavy atom. The number of ether oxygens (including phenoxy) is 1. The monoisotopic (exact) mass is 331 g/mol. The highest BCUT2D eigenvalue weighted by molar-refractivity contribution is 5.61. The number of hydrogen-bond donors (Lipinski definition) is 1.